The number of fused-ring (bicyclic) bond motifs is 1. The summed E-state index contributed by atoms with van der Waals surface area (Å²) in [6, 6.07) is 8.75. The zero-order chi connectivity index (χ0) is 14.7. The van der Waals surface area contributed by atoms with Gasteiger partial charge in [-0.05, 0) is 6.92 Å². The number of hydrogen-bond acceptors (Lipinski definition) is 5. The summed E-state index contributed by atoms with van der Waals surface area (Å²) in [7, 11) is 1.41. The van der Waals surface area contributed by atoms with Gasteiger partial charge in [0, 0.05) is 10.8 Å². The number of rotatable bonds is 3. The average Bonchev–Trinajstić information content (AvgIpc) is 2.46. The lowest BCUT2D eigenvalue weighted by molar-refractivity contribution is 0.0525. The number of phenolic OH excluding ortho intramolecular Hbond substituents is 1. The molecule has 0 saturated heterocycles. The van der Waals surface area contributed by atoms with E-state index in [0.29, 0.717) is 10.8 Å². The van der Waals surface area contributed by atoms with E-state index in [0.717, 1.165) is 0 Å². The van der Waals surface area contributed by atoms with Gasteiger partial charge >= 0.3 is 5.97 Å². The summed E-state index contributed by atoms with van der Waals surface area (Å²) in [6.07, 6.45) is 0. The van der Waals surface area contributed by atoms with Crippen molar-refractivity contribution in [3.8, 4) is 17.6 Å². The summed E-state index contributed by atoms with van der Waals surface area (Å²) in [5, 5.41) is 20.4. The Kier molecular flexibility index (Phi) is 3.76. The highest BCUT2D eigenvalue weighted by molar-refractivity contribution is 6.10. The molecule has 0 saturated carbocycles. The van der Waals surface area contributed by atoms with Crippen molar-refractivity contribution in [1.82, 2.24) is 0 Å². The van der Waals surface area contributed by atoms with Crippen LogP contribution in [-0.2, 0) is 4.74 Å². The van der Waals surface area contributed by atoms with Gasteiger partial charge in [-0.2, -0.15) is 5.26 Å². The molecule has 0 radical (unpaired) electrons. The second-order valence-electron chi connectivity index (χ2n) is 4.01. The lowest BCUT2D eigenvalue weighted by Crippen LogP contribution is -2.07. The number of phenols is 1. The van der Waals surface area contributed by atoms with Crippen LogP contribution in [0.5, 0.6) is 11.5 Å². The largest absolute Gasteiger partial charge is 0.505 e. The van der Waals surface area contributed by atoms with Crippen LogP contribution in [0, 0.1) is 11.3 Å². The molecule has 0 unspecified atom stereocenters. The van der Waals surface area contributed by atoms with Gasteiger partial charge in [-0.15, -0.1) is 0 Å². The second kappa shape index (κ2) is 5.49. The molecule has 2 aromatic carbocycles. The quantitative estimate of drug-likeness (QED) is 0.868. The number of hydrogen-bond donors (Lipinski definition) is 1. The van der Waals surface area contributed by atoms with E-state index in [1.165, 1.54) is 7.11 Å². The lowest BCUT2D eigenvalue weighted by atomic mass is 9.98. The smallest absolute Gasteiger partial charge is 0.342 e. The number of aromatic hydroxyl groups is 1. The Hall–Kier alpha value is -2.74. The van der Waals surface area contributed by atoms with Crippen molar-refractivity contribution in [3.05, 3.63) is 35.4 Å². The van der Waals surface area contributed by atoms with Crippen LogP contribution in [0.25, 0.3) is 10.8 Å². The molecule has 0 heterocycles. The van der Waals surface area contributed by atoms with Crippen molar-refractivity contribution in [3.63, 3.8) is 0 Å². The summed E-state index contributed by atoms with van der Waals surface area (Å²) in [5.74, 6) is -0.837. The minimum absolute atomic E-state index is 0.0141. The first kappa shape index (κ1) is 13.7. The fourth-order valence-electron chi connectivity index (χ4n) is 2.12. The van der Waals surface area contributed by atoms with Crippen LogP contribution < -0.4 is 4.74 Å². The van der Waals surface area contributed by atoms with Gasteiger partial charge in [-0.3, -0.25) is 0 Å². The predicted octanol–water partition coefficient (Wildman–Crippen LogP) is 2.60. The van der Waals surface area contributed by atoms with Crippen LogP contribution >= 0.6 is 0 Å². The molecule has 5 nitrogen and oxygen atoms in total. The Morgan fingerprint density at radius 3 is 2.55 bits per heavy atom. The van der Waals surface area contributed by atoms with Crippen molar-refractivity contribution < 1.29 is 19.4 Å². The van der Waals surface area contributed by atoms with E-state index in [4.69, 9.17) is 9.47 Å². The van der Waals surface area contributed by atoms with Gasteiger partial charge in [0.15, 0.2) is 5.75 Å². The molecule has 0 amide bonds. The van der Waals surface area contributed by atoms with Crippen molar-refractivity contribution in [1.29, 1.82) is 5.26 Å². The van der Waals surface area contributed by atoms with Crippen LogP contribution in [0.15, 0.2) is 24.3 Å². The topological polar surface area (TPSA) is 79.5 Å². The Bertz CT molecular complexity index is 716. The summed E-state index contributed by atoms with van der Waals surface area (Å²) < 4.78 is 10.1. The van der Waals surface area contributed by atoms with E-state index >= 15 is 0 Å². The molecule has 1 N–H and O–H groups in total. The molecule has 0 fully saturated rings. The van der Waals surface area contributed by atoms with Gasteiger partial charge in [-0.25, -0.2) is 4.79 Å². The number of esters is 1. The van der Waals surface area contributed by atoms with Crippen LogP contribution in [-0.4, -0.2) is 24.8 Å². The molecule has 0 aliphatic carbocycles. The third kappa shape index (κ3) is 2.01. The summed E-state index contributed by atoms with van der Waals surface area (Å²) in [4.78, 5) is 12.0. The van der Waals surface area contributed by atoms with Gasteiger partial charge in [0.1, 0.15) is 22.9 Å². The zero-order valence-corrected chi connectivity index (χ0v) is 11.1. The lowest BCUT2D eigenvalue weighted by Gasteiger charge is -2.14. The van der Waals surface area contributed by atoms with E-state index in [1.54, 1.807) is 31.2 Å². The van der Waals surface area contributed by atoms with E-state index in [-0.39, 0.29) is 23.5 Å². The minimum Gasteiger partial charge on any atom is -0.505 e. The fraction of sp³-hybridized carbons (Fsp3) is 0.200. The van der Waals surface area contributed by atoms with Crippen molar-refractivity contribution >= 4 is 16.7 Å². The summed E-state index contributed by atoms with van der Waals surface area (Å²) >= 11 is 0. The van der Waals surface area contributed by atoms with Crippen LogP contribution in [0.4, 0.5) is 0 Å². The van der Waals surface area contributed by atoms with Crippen LogP contribution in [0.3, 0.4) is 0 Å². The average molecular weight is 271 g/mol. The number of carbonyl (C=O) groups excluding carboxylic acids is 1. The van der Waals surface area contributed by atoms with Crippen molar-refractivity contribution in [2.24, 2.45) is 0 Å². The second-order valence-corrected chi connectivity index (χ2v) is 4.01. The Morgan fingerprint density at radius 2 is 2.00 bits per heavy atom. The van der Waals surface area contributed by atoms with Gasteiger partial charge in [-0.1, -0.05) is 24.3 Å². The highest BCUT2D eigenvalue weighted by atomic mass is 16.5. The first-order chi connectivity index (χ1) is 9.65. The van der Waals surface area contributed by atoms with E-state index in [9.17, 15) is 15.2 Å². The molecule has 0 bridgehead atoms. The van der Waals surface area contributed by atoms with Gasteiger partial charge < -0.3 is 14.6 Å². The molecule has 102 valence electrons. The molecule has 0 aliphatic rings. The number of nitriles is 1. The maximum Gasteiger partial charge on any atom is 0.342 e. The number of ether oxygens (including phenoxy) is 2. The van der Waals surface area contributed by atoms with Crippen molar-refractivity contribution in [2.45, 2.75) is 6.92 Å². The SMILES string of the molecule is CCOC(=O)c1c(O)c(C#N)c(OC)c2ccccc12. The number of nitrogens with zero attached hydrogens (tertiary/aromatic N) is 1. The first-order valence-electron chi connectivity index (χ1n) is 6.04. The molecular weight excluding hydrogens is 258 g/mol. The molecular formula is C15H13NO4. The summed E-state index contributed by atoms with van der Waals surface area (Å²) in [6.45, 7) is 1.85. The molecule has 0 aliphatic heterocycles. The number of benzene rings is 2. The van der Waals surface area contributed by atoms with E-state index in [1.807, 2.05) is 6.07 Å². The monoisotopic (exact) mass is 271 g/mol. The van der Waals surface area contributed by atoms with Crippen LogP contribution in [0.1, 0.15) is 22.8 Å². The Balaban J connectivity index is 2.91. The summed E-state index contributed by atoms with van der Waals surface area (Å²) in [5.41, 5.74) is -0.0888. The Labute approximate surface area is 116 Å². The third-order valence-electron chi connectivity index (χ3n) is 2.94. The first-order valence-corrected chi connectivity index (χ1v) is 6.04. The Morgan fingerprint density at radius 1 is 1.35 bits per heavy atom. The third-order valence-corrected chi connectivity index (χ3v) is 2.94. The highest BCUT2D eigenvalue weighted by Crippen LogP contribution is 2.40. The predicted molar refractivity (Wildman–Crippen MR) is 72.8 cm³/mol. The van der Waals surface area contributed by atoms with Gasteiger partial charge in [0.25, 0.3) is 0 Å². The van der Waals surface area contributed by atoms with E-state index < -0.39 is 11.7 Å². The maximum absolute atomic E-state index is 12.0. The van der Waals surface area contributed by atoms with Crippen molar-refractivity contribution in [2.75, 3.05) is 13.7 Å². The van der Waals surface area contributed by atoms with Crippen LogP contribution in [0.2, 0.25) is 0 Å². The molecule has 5 heteroatoms. The highest BCUT2D eigenvalue weighted by Gasteiger charge is 2.24. The molecule has 0 aromatic heterocycles. The molecule has 0 atom stereocenters. The van der Waals surface area contributed by atoms with Gasteiger partial charge in [0.05, 0.1) is 13.7 Å². The minimum atomic E-state index is -0.666. The molecule has 0 spiro atoms. The standard InChI is InChI=1S/C15H13NO4/c1-3-20-15(18)12-9-6-4-5-7-10(9)14(19-2)11(8-16)13(12)17/h4-7,17H,3H2,1-2H3. The molecule has 2 rings (SSSR count). The number of carbonyl (C=O) groups is 1. The fourth-order valence-corrected chi connectivity index (χ4v) is 2.12. The van der Waals surface area contributed by atoms with Gasteiger partial charge in [0.2, 0.25) is 0 Å². The normalized spacial score (nSPS) is 10.1. The van der Waals surface area contributed by atoms with E-state index in [2.05, 4.69) is 0 Å². The molecule has 2 aromatic rings. The molecule has 20 heavy (non-hydrogen) atoms. The zero-order valence-electron chi connectivity index (χ0n) is 11.1. The number of methoxy groups -OCH3 is 1. The maximum atomic E-state index is 12.0.